The first-order valence-electron chi connectivity index (χ1n) is 11.3. The number of rotatable bonds is 6. The first kappa shape index (κ1) is 24.6. The number of nitrogens with one attached hydrogen (secondary N) is 2. The van der Waals surface area contributed by atoms with E-state index in [0.717, 1.165) is 16.5 Å². The van der Waals surface area contributed by atoms with Gasteiger partial charge in [0.25, 0.3) is 0 Å². The summed E-state index contributed by atoms with van der Waals surface area (Å²) in [4.78, 5) is 3.19. The molecule has 3 aromatic carbocycles. The van der Waals surface area contributed by atoms with Crippen molar-refractivity contribution in [2.75, 3.05) is 19.6 Å². The third-order valence-electron chi connectivity index (χ3n) is 6.11. The van der Waals surface area contributed by atoms with Gasteiger partial charge >= 0.3 is 0 Å². The molecule has 10 heteroatoms. The van der Waals surface area contributed by atoms with Crippen LogP contribution in [0.5, 0.6) is 11.5 Å². The second-order valence-electron chi connectivity index (χ2n) is 8.56. The summed E-state index contributed by atoms with van der Waals surface area (Å²) in [6, 6.07) is 18.9. The number of hydrogen-bond donors (Lipinski definition) is 2. The molecule has 36 heavy (non-hydrogen) atoms. The van der Waals surface area contributed by atoms with Crippen LogP contribution in [0, 0.1) is 11.3 Å². The molecule has 2 N–H and O–H groups in total. The fraction of sp³-hybridized carbons (Fsp3) is 0.192. The molecule has 1 aromatic heterocycles. The Morgan fingerprint density at radius 2 is 1.86 bits per heavy atom. The average Bonchev–Trinajstić information content (AvgIpc) is 3.26. The van der Waals surface area contributed by atoms with Gasteiger partial charge in [0.2, 0.25) is 10.0 Å². The molecule has 0 aliphatic carbocycles. The van der Waals surface area contributed by atoms with Crippen molar-refractivity contribution in [3.05, 3.63) is 88.0 Å². The molecule has 1 saturated heterocycles. The maximum absolute atomic E-state index is 13.8. The van der Waals surface area contributed by atoms with Gasteiger partial charge in [-0.05, 0) is 54.4 Å². The van der Waals surface area contributed by atoms with Crippen LogP contribution in [0.3, 0.4) is 0 Å². The van der Waals surface area contributed by atoms with Crippen LogP contribution < -0.4 is 10.1 Å². The molecular formula is C26H22Cl2N4O3S. The summed E-state index contributed by atoms with van der Waals surface area (Å²) < 4.78 is 35.0. The fourth-order valence-electron chi connectivity index (χ4n) is 4.43. The summed E-state index contributed by atoms with van der Waals surface area (Å²) in [7, 11) is -3.98. The first-order valence-corrected chi connectivity index (χ1v) is 13.5. The van der Waals surface area contributed by atoms with Crippen LogP contribution in [-0.2, 0) is 16.4 Å². The summed E-state index contributed by atoms with van der Waals surface area (Å²) >= 11 is 12.2. The van der Waals surface area contributed by atoms with Gasteiger partial charge in [0.15, 0.2) is 0 Å². The normalized spacial score (nSPS) is 16.6. The molecule has 184 valence electrons. The van der Waals surface area contributed by atoms with Crippen molar-refractivity contribution >= 4 is 44.1 Å². The average molecular weight is 541 g/mol. The van der Waals surface area contributed by atoms with E-state index in [-0.39, 0.29) is 28.8 Å². The summed E-state index contributed by atoms with van der Waals surface area (Å²) in [5.41, 5.74) is 2.38. The third kappa shape index (κ3) is 5.07. The number of nitriles is 1. The minimum Gasteiger partial charge on any atom is -0.456 e. The molecule has 1 atom stereocenters. The molecule has 0 unspecified atom stereocenters. The van der Waals surface area contributed by atoms with Crippen molar-refractivity contribution in [1.29, 1.82) is 5.26 Å². The zero-order valence-corrected chi connectivity index (χ0v) is 21.4. The Morgan fingerprint density at radius 3 is 2.64 bits per heavy atom. The van der Waals surface area contributed by atoms with Gasteiger partial charge in [0.1, 0.15) is 16.4 Å². The van der Waals surface area contributed by atoms with Crippen molar-refractivity contribution in [3.63, 3.8) is 0 Å². The van der Waals surface area contributed by atoms with Crippen LogP contribution in [-0.4, -0.2) is 43.4 Å². The Kier molecular flexibility index (Phi) is 6.93. The van der Waals surface area contributed by atoms with Gasteiger partial charge in [-0.2, -0.15) is 9.57 Å². The molecule has 1 aliphatic heterocycles. The van der Waals surface area contributed by atoms with E-state index >= 15 is 0 Å². The number of benzene rings is 3. The standard InChI is InChI=1S/C26H22Cl2N4O3S/c27-19-11-20(28)13-22(12-19)35-25-6-5-17(14-29)9-26(25)36(33,34)32-8-7-30-21(16-32)10-18-15-31-24-4-2-1-3-23(18)24/h1-6,9,11-13,15,21,30-31H,7-8,10,16H2/t21-/m0/s1. The molecule has 7 nitrogen and oxygen atoms in total. The second kappa shape index (κ2) is 10.1. The number of aromatic nitrogens is 1. The topological polar surface area (TPSA) is 98.2 Å². The Morgan fingerprint density at radius 1 is 1.08 bits per heavy atom. The number of nitrogens with zero attached hydrogens (tertiary/aromatic N) is 2. The number of piperazine rings is 1. The molecule has 0 saturated carbocycles. The molecule has 0 bridgehead atoms. The van der Waals surface area contributed by atoms with Crippen molar-refractivity contribution < 1.29 is 13.2 Å². The summed E-state index contributed by atoms with van der Waals surface area (Å²) in [5.74, 6) is 0.394. The number of aromatic amines is 1. The first-order chi connectivity index (χ1) is 17.3. The van der Waals surface area contributed by atoms with Gasteiger partial charge in [0.05, 0.1) is 11.6 Å². The molecule has 5 rings (SSSR count). The Bertz CT molecular complexity index is 1560. The van der Waals surface area contributed by atoms with Crippen molar-refractivity contribution in [1.82, 2.24) is 14.6 Å². The highest BCUT2D eigenvalue weighted by Crippen LogP contribution is 2.34. The lowest BCUT2D eigenvalue weighted by molar-refractivity contribution is 0.296. The zero-order chi connectivity index (χ0) is 25.3. The van der Waals surface area contributed by atoms with E-state index in [1.165, 1.54) is 22.5 Å². The number of hydrogen-bond acceptors (Lipinski definition) is 5. The third-order valence-corrected chi connectivity index (χ3v) is 8.44. The number of sulfonamides is 1. The number of H-pyrrole nitrogens is 1. The van der Waals surface area contributed by atoms with Gasteiger partial charge in [-0.25, -0.2) is 8.42 Å². The maximum atomic E-state index is 13.8. The van der Waals surface area contributed by atoms with Crippen LogP contribution in [0.1, 0.15) is 11.1 Å². The summed E-state index contributed by atoms with van der Waals surface area (Å²) in [6.07, 6.45) is 2.64. The van der Waals surface area contributed by atoms with Crippen LogP contribution in [0.25, 0.3) is 10.9 Å². The molecule has 4 aromatic rings. The van der Waals surface area contributed by atoms with Crippen LogP contribution in [0.2, 0.25) is 10.0 Å². The predicted molar refractivity (Wildman–Crippen MR) is 140 cm³/mol. The minimum atomic E-state index is -3.98. The summed E-state index contributed by atoms with van der Waals surface area (Å²) in [5, 5.41) is 14.7. The highest BCUT2D eigenvalue weighted by Gasteiger charge is 2.33. The predicted octanol–water partition coefficient (Wildman–Crippen LogP) is 5.34. The van der Waals surface area contributed by atoms with Gasteiger partial charge in [-0.3, -0.25) is 0 Å². The second-order valence-corrected chi connectivity index (χ2v) is 11.3. The van der Waals surface area contributed by atoms with E-state index in [4.69, 9.17) is 27.9 Å². The molecule has 0 spiro atoms. The van der Waals surface area contributed by atoms with E-state index in [9.17, 15) is 13.7 Å². The van der Waals surface area contributed by atoms with Crippen molar-refractivity contribution in [2.24, 2.45) is 0 Å². The minimum absolute atomic E-state index is 0.0783. The quantitative estimate of drug-likeness (QED) is 0.343. The van der Waals surface area contributed by atoms with E-state index in [1.54, 1.807) is 18.2 Å². The highest BCUT2D eigenvalue weighted by molar-refractivity contribution is 7.89. The smallest absolute Gasteiger partial charge is 0.246 e. The van der Waals surface area contributed by atoms with Crippen LogP contribution in [0.4, 0.5) is 0 Å². The lowest BCUT2D eigenvalue weighted by Gasteiger charge is -2.33. The van der Waals surface area contributed by atoms with E-state index < -0.39 is 10.0 Å². The molecule has 0 radical (unpaired) electrons. The molecule has 0 amide bonds. The number of halogens is 2. The SMILES string of the molecule is N#Cc1ccc(Oc2cc(Cl)cc(Cl)c2)c(S(=O)(=O)N2CCN[C@@H](Cc3c[nH]c4ccccc34)C2)c1. The number of ether oxygens (including phenoxy) is 1. The fourth-order valence-corrected chi connectivity index (χ4v) is 6.56. The molecular weight excluding hydrogens is 519 g/mol. The lowest BCUT2D eigenvalue weighted by atomic mass is 10.0. The van der Waals surface area contributed by atoms with Crippen molar-refractivity contribution in [2.45, 2.75) is 17.4 Å². The highest BCUT2D eigenvalue weighted by atomic mass is 35.5. The summed E-state index contributed by atoms with van der Waals surface area (Å²) in [6.45, 7) is 1.08. The lowest BCUT2D eigenvalue weighted by Crippen LogP contribution is -2.53. The number of para-hydroxylation sites is 1. The number of fused-ring (bicyclic) bond motifs is 1. The molecule has 1 fully saturated rings. The largest absolute Gasteiger partial charge is 0.456 e. The van der Waals surface area contributed by atoms with Crippen LogP contribution >= 0.6 is 23.2 Å². The Labute approximate surface area is 219 Å². The van der Waals surface area contributed by atoms with E-state index in [0.29, 0.717) is 35.3 Å². The van der Waals surface area contributed by atoms with Gasteiger partial charge < -0.3 is 15.0 Å². The van der Waals surface area contributed by atoms with Gasteiger partial charge in [-0.15, -0.1) is 0 Å². The van der Waals surface area contributed by atoms with Gasteiger partial charge in [-0.1, -0.05) is 41.4 Å². The Balaban J connectivity index is 1.43. The van der Waals surface area contributed by atoms with E-state index in [1.807, 2.05) is 30.5 Å². The van der Waals surface area contributed by atoms with E-state index in [2.05, 4.69) is 16.4 Å². The monoisotopic (exact) mass is 540 g/mol. The van der Waals surface area contributed by atoms with Crippen LogP contribution in [0.15, 0.2) is 71.8 Å². The maximum Gasteiger partial charge on any atom is 0.246 e. The molecule has 1 aliphatic rings. The molecule has 2 heterocycles. The zero-order valence-electron chi connectivity index (χ0n) is 19.0. The van der Waals surface area contributed by atoms with Crippen molar-refractivity contribution in [3.8, 4) is 17.6 Å². The van der Waals surface area contributed by atoms with Gasteiger partial charge in [0, 0.05) is 52.8 Å². The Hall–Kier alpha value is -3.06.